The van der Waals surface area contributed by atoms with Gasteiger partial charge in [-0.25, -0.2) is 0 Å². The summed E-state index contributed by atoms with van der Waals surface area (Å²) in [6.45, 7) is 0. The van der Waals surface area contributed by atoms with Gasteiger partial charge in [-0.1, -0.05) is 19.3 Å². The van der Waals surface area contributed by atoms with Crippen LogP contribution in [0.1, 0.15) is 51.4 Å². The molecule has 2 fully saturated rings. The smallest absolute Gasteiger partial charge is 0.203 e. The molecule has 0 bridgehead atoms. The second-order valence-electron chi connectivity index (χ2n) is 5.73. The summed E-state index contributed by atoms with van der Waals surface area (Å²) in [7, 11) is 3.84. The number of ether oxygens (including phenoxy) is 1. The molecular weight excluding hydrogens is 228 g/mol. The minimum absolute atomic E-state index is 0.100. The fourth-order valence-corrected chi connectivity index (χ4v) is 3.33. The Morgan fingerprint density at radius 1 is 1.06 bits per heavy atom. The predicted octanol–water partition coefficient (Wildman–Crippen LogP) is 2.34. The van der Waals surface area contributed by atoms with Crippen LogP contribution in [0.25, 0.3) is 0 Å². The van der Waals surface area contributed by atoms with Gasteiger partial charge in [-0.3, -0.25) is 0 Å². The zero-order chi connectivity index (χ0) is 13.0. The normalized spacial score (nSPS) is 38.7. The Bertz CT molecular complexity index is 294. The Kier molecular flexibility index (Phi) is 5.13. The van der Waals surface area contributed by atoms with E-state index in [1.54, 1.807) is 7.11 Å². The molecule has 4 heteroatoms. The molecule has 0 amide bonds. The van der Waals surface area contributed by atoms with Crippen LogP contribution in [0.4, 0.5) is 0 Å². The van der Waals surface area contributed by atoms with Gasteiger partial charge in [0.25, 0.3) is 0 Å². The van der Waals surface area contributed by atoms with Crippen molar-refractivity contribution in [3.05, 3.63) is 0 Å². The number of hydrogen-bond donors (Lipinski definition) is 1. The maximum absolute atomic E-state index is 9.99. The molecule has 2 saturated carbocycles. The summed E-state index contributed by atoms with van der Waals surface area (Å²) in [6.07, 6.45) is 9.12. The van der Waals surface area contributed by atoms with E-state index in [2.05, 4.69) is 4.70 Å². The first-order valence-corrected chi connectivity index (χ1v) is 7.37. The minimum atomic E-state index is -0.245. The molecule has 4 atom stereocenters. The highest BCUT2D eigenvalue weighted by Gasteiger charge is 2.34. The molecule has 1 N–H and O–H groups in total. The van der Waals surface area contributed by atoms with Crippen molar-refractivity contribution in [2.45, 2.75) is 75.7 Å². The van der Waals surface area contributed by atoms with Gasteiger partial charge in [0.15, 0.2) is 7.05 Å². The molecule has 0 heterocycles. The van der Waals surface area contributed by atoms with E-state index in [4.69, 9.17) is 9.85 Å². The van der Waals surface area contributed by atoms with E-state index >= 15 is 0 Å². The molecule has 4 nitrogen and oxygen atoms in total. The van der Waals surface area contributed by atoms with Crippen molar-refractivity contribution in [2.75, 3.05) is 14.2 Å². The summed E-state index contributed by atoms with van der Waals surface area (Å²) in [4.78, 5) is 0. The van der Waals surface area contributed by atoms with Crippen molar-refractivity contribution >= 4 is 0 Å². The van der Waals surface area contributed by atoms with Crippen molar-refractivity contribution in [2.24, 2.45) is 5.11 Å². The number of aliphatic hydroxyl groups excluding tert-OH is 1. The van der Waals surface area contributed by atoms with E-state index in [9.17, 15) is 5.11 Å². The highest BCUT2D eigenvalue weighted by Crippen LogP contribution is 2.25. The lowest BCUT2D eigenvalue weighted by molar-refractivity contribution is -0.618. The highest BCUT2D eigenvalue weighted by atomic mass is 16.5. The first kappa shape index (κ1) is 13.9. The average Bonchev–Trinajstić information content (AvgIpc) is 2.41. The molecule has 18 heavy (non-hydrogen) atoms. The van der Waals surface area contributed by atoms with E-state index in [1.165, 1.54) is 19.3 Å². The first-order valence-electron chi connectivity index (χ1n) is 7.37. The number of aliphatic hydroxyl groups is 1. The van der Waals surface area contributed by atoms with Crippen LogP contribution in [0.3, 0.4) is 0 Å². The summed E-state index contributed by atoms with van der Waals surface area (Å²) in [6, 6.07) is 0.487. The molecule has 0 aromatic carbocycles. The van der Waals surface area contributed by atoms with E-state index in [-0.39, 0.29) is 12.1 Å². The summed E-state index contributed by atoms with van der Waals surface area (Å²) >= 11 is 0. The van der Waals surface area contributed by atoms with Crippen LogP contribution in [0.15, 0.2) is 5.11 Å². The second-order valence-corrected chi connectivity index (χ2v) is 5.73. The van der Waals surface area contributed by atoms with Crippen LogP contribution in [0, 0.1) is 0 Å². The summed E-state index contributed by atoms with van der Waals surface area (Å²) in [5.74, 6) is 0. The van der Waals surface area contributed by atoms with Crippen molar-refractivity contribution in [1.29, 1.82) is 0 Å². The fourth-order valence-electron chi connectivity index (χ4n) is 3.33. The highest BCUT2D eigenvalue weighted by molar-refractivity contribution is 4.79. The summed E-state index contributed by atoms with van der Waals surface area (Å²) in [5, 5.41) is 14.7. The molecule has 104 valence electrons. The topological polar surface area (TPSA) is 44.8 Å². The van der Waals surface area contributed by atoms with Crippen LogP contribution in [-0.2, 0) is 4.74 Å². The minimum Gasteiger partial charge on any atom is -0.391 e. The van der Waals surface area contributed by atoms with Crippen LogP contribution in [-0.4, -0.2) is 48.3 Å². The third-order valence-electron chi connectivity index (χ3n) is 4.47. The van der Waals surface area contributed by atoms with Gasteiger partial charge in [0.05, 0.1) is 6.10 Å². The third kappa shape index (κ3) is 3.29. The van der Waals surface area contributed by atoms with Gasteiger partial charge >= 0.3 is 0 Å². The lowest BCUT2D eigenvalue weighted by Gasteiger charge is -2.27. The van der Waals surface area contributed by atoms with Crippen LogP contribution >= 0.6 is 0 Å². The van der Waals surface area contributed by atoms with Crippen LogP contribution < -0.4 is 0 Å². The monoisotopic (exact) mass is 255 g/mol. The van der Waals surface area contributed by atoms with Gasteiger partial charge in [0.2, 0.25) is 6.04 Å². The van der Waals surface area contributed by atoms with Gasteiger partial charge < -0.3 is 9.84 Å². The number of azo groups is 2. The van der Waals surface area contributed by atoms with Gasteiger partial charge in [-0.05, 0) is 30.8 Å². The fraction of sp³-hybridized carbons (Fsp3) is 1.00. The molecule has 0 aromatic heterocycles. The standard InChI is InChI=1S/C14H27N2O2/c1-16(12-8-4-6-10-14(12)18-2)15-11-7-3-5-9-13(11)17/h11-14,17H,3-10H2,1-2H3/q+1. The van der Waals surface area contributed by atoms with Crippen molar-refractivity contribution in [3.8, 4) is 0 Å². The second kappa shape index (κ2) is 6.62. The zero-order valence-corrected chi connectivity index (χ0v) is 11.7. The lowest BCUT2D eigenvalue weighted by atomic mass is 9.92. The van der Waals surface area contributed by atoms with Crippen LogP contribution in [0.2, 0.25) is 0 Å². The van der Waals surface area contributed by atoms with E-state index in [0.29, 0.717) is 12.1 Å². The third-order valence-corrected chi connectivity index (χ3v) is 4.47. The zero-order valence-electron chi connectivity index (χ0n) is 11.7. The molecule has 2 aliphatic rings. The Hall–Kier alpha value is -0.480. The molecule has 0 aliphatic heterocycles. The maximum Gasteiger partial charge on any atom is 0.203 e. The van der Waals surface area contributed by atoms with Crippen molar-refractivity contribution in [3.63, 3.8) is 0 Å². The van der Waals surface area contributed by atoms with E-state index in [0.717, 1.165) is 32.1 Å². The Balaban J connectivity index is 2.01. The number of methoxy groups -OCH3 is 1. The molecule has 0 aromatic rings. The largest absolute Gasteiger partial charge is 0.391 e. The molecular formula is C14H27N2O2+. The lowest BCUT2D eigenvalue weighted by Crippen LogP contribution is -2.40. The first-order chi connectivity index (χ1) is 8.72. The van der Waals surface area contributed by atoms with Gasteiger partial charge in [-0.2, -0.15) is 0 Å². The molecule has 2 aliphatic carbocycles. The number of hydrogen-bond acceptors (Lipinski definition) is 3. The van der Waals surface area contributed by atoms with Gasteiger partial charge in [0, 0.05) is 13.5 Å². The summed E-state index contributed by atoms with van der Waals surface area (Å²) in [5.41, 5.74) is 0. The number of likely N-dealkylation sites (N-methyl/N-ethyl adjacent to an activating group) is 1. The van der Waals surface area contributed by atoms with Crippen molar-refractivity contribution < 1.29 is 14.5 Å². The predicted molar refractivity (Wildman–Crippen MR) is 69.9 cm³/mol. The summed E-state index contributed by atoms with van der Waals surface area (Å²) < 4.78 is 7.65. The SMILES string of the molecule is COC1CCCCC1[N+](C)=NC1CCCCC1O. The van der Waals surface area contributed by atoms with Gasteiger partial charge in [0.1, 0.15) is 12.1 Å². The molecule has 0 spiro atoms. The molecule has 4 unspecified atom stereocenters. The number of rotatable bonds is 3. The van der Waals surface area contributed by atoms with Crippen LogP contribution in [0.5, 0.6) is 0 Å². The van der Waals surface area contributed by atoms with E-state index in [1.807, 2.05) is 7.05 Å². The Labute approximate surface area is 110 Å². The molecule has 2 rings (SSSR count). The number of nitrogens with zero attached hydrogens (tertiary/aromatic N) is 2. The Morgan fingerprint density at radius 2 is 1.72 bits per heavy atom. The van der Waals surface area contributed by atoms with Gasteiger partial charge in [-0.15, -0.1) is 4.70 Å². The Morgan fingerprint density at radius 3 is 2.44 bits per heavy atom. The molecule has 0 saturated heterocycles. The maximum atomic E-state index is 9.99. The quantitative estimate of drug-likeness (QED) is 0.621. The average molecular weight is 255 g/mol. The van der Waals surface area contributed by atoms with Crippen molar-refractivity contribution in [1.82, 2.24) is 0 Å². The van der Waals surface area contributed by atoms with E-state index < -0.39 is 0 Å². The molecule has 0 radical (unpaired) electrons.